The lowest BCUT2D eigenvalue weighted by atomic mass is 10.0. The van der Waals surface area contributed by atoms with Crippen molar-refractivity contribution >= 4 is 17.6 Å². The van der Waals surface area contributed by atoms with Gasteiger partial charge in [0.2, 0.25) is 0 Å². The monoisotopic (exact) mass is 339 g/mol. The molecule has 0 aliphatic carbocycles. The van der Waals surface area contributed by atoms with Crippen molar-refractivity contribution in [2.45, 2.75) is 19.4 Å². The van der Waals surface area contributed by atoms with Gasteiger partial charge in [-0.2, -0.15) is 0 Å². The second-order valence-corrected chi connectivity index (χ2v) is 5.88. The molecular weight excluding hydrogens is 318 g/mol. The number of amides is 3. The van der Waals surface area contributed by atoms with Crippen LogP contribution in [0.4, 0.5) is 10.5 Å². The highest BCUT2D eigenvalue weighted by atomic mass is 16.5. The van der Waals surface area contributed by atoms with Crippen molar-refractivity contribution in [1.82, 2.24) is 10.6 Å². The lowest BCUT2D eigenvalue weighted by molar-refractivity contribution is 0.0962. The van der Waals surface area contributed by atoms with E-state index in [1.807, 2.05) is 31.2 Å². The highest BCUT2D eigenvalue weighted by Crippen LogP contribution is 2.31. The van der Waals surface area contributed by atoms with E-state index in [1.54, 1.807) is 25.2 Å². The topological polar surface area (TPSA) is 79.5 Å². The van der Waals surface area contributed by atoms with Gasteiger partial charge in [-0.1, -0.05) is 24.3 Å². The van der Waals surface area contributed by atoms with Crippen LogP contribution >= 0.6 is 0 Å². The van der Waals surface area contributed by atoms with Crippen LogP contribution in [0.25, 0.3) is 0 Å². The molecule has 3 rings (SSSR count). The third-order valence-corrected chi connectivity index (χ3v) is 4.32. The van der Waals surface area contributed by atoms with Crippen LogP contribution in [0.1, 0.15) is 33.9 Å². The number of fused-ring (bicyclic) bond motifs is 1. The molecule has 3 amide bonds. The molecule has 6 nitrogen and oxygen atoms in total. The van der Waals surface area contributed by atoms with Gasteiger partial charge in [-0.05, 0) is 30.7 Å². The normalized spacial score (nSPS) is 15.5. The first-order valence-corrected chi connectivity index (χ1v) is 8.21. The number of anilines is 1. The third-order valence-electron chi connectivity index (χ3n) is 4.32. The molecular formula is C19H21N3O3. The first-order chi connectivity index (χ1) is 12.1. The maximum absolute atomic E-state index is 12.4. The molecule has 2 aromatic rings. The molecule has 25 heavy (non-hydrogen) atoms. The summed E-state index contributed by atoms with van der Waals surface area (Å²) >= 11 is 0. The van der Waals surface area contributed by atoms with Gasteiger partial charge in [-0.15, -0.1) is 0 Å². The molecule has 0 aromatic heterocycles. The zero-order valence-electron chi connectivity index (χ0n) is 14.3. The Morgan fingerprint density at radius 3 is 2.72 bits per heavy atom. The van der Waals surface area contributed by atoms with Crippen molar-refractivity contribution in [3.05, 3.63) is 59.2 Å². The van der Waals surface area contributed by atoms with Gasteiger partial charge < -0.3 is 20.7 Å². The summed E-state index contributed by atoms with van der Waals surface area (Å²) in [6.45, 7) is 2.37. The van der Waals surface area contributed by atoms with Crippen LogP contribution < -0.4 is 20.7 Å². The lowest BCUT2D eigenvalue weighted by Crippen LogP contribution is -2.35. The molecule has 6 heteroatoms. The average molecular weight is 339 g/mol. The van der Waals surface area contributed by atoms with Crippen LogP contribution in [0.5, 0.6) is 5.75 Å². The Morgan fingerprint density at radius 1 is 1.12 bits per heavy atom. The number of benzene rings is 2. The molecule has 1 aliphatic heterocycles. The molecule has 0 saturated heterocycles. The Morgan fingerprint density at radius 2 is 1.92 bits per heavy atom. The first kappa shape index (κ1) is 16.8. The summed E-state index contributed by atoms with van der Waals surface area (Å²) in [6, 6.07) is 12.5. The maximum Gasteiger partial charge on any atom is 0.319 e. The van der Waals surface area contributed by atoms with Gasteiger partial charge in [0.15, 0.2) is 0 Å². The molecule has 0 radical (unpaired) electrons. The van der Waals surface area contributed by atoms with E-state index in [4.69, 9.17) is 4.74 Å². The van der Waals surface area contributed by atoms with Crippen molar-refractivity contribution < 1.29 is 14.3 Å². The molecule has 1 unspecified atom stereocenters. The number of hydrogen-bond acceptors (Lipinski definition) is 3. The number of rotatable bonds is 3. The smallest absolute Gasteiger partial charge is 0.319 e. The van der Waals surface area contributed by atoms with E-state index in [-0.39, 0.29) is 18.0 Å². The van der Waals surface area contributed by atoms with E-state index in [0.29, 0.717) is 24.3 Å². The summed E-state index contributed by atoms with van der Waals surface area (Å²) in [5.41, 5.74) is 2.85. The van der Waals surface area contributed by atoms with E-state index >= 15 is 0 Å². The summed E-state index contributed by atoms with van der Waals surface area (Å²) < 4.78 is 5.61. The summed E-state index contributed by atoms with van der Waals surface area (Å²) in [6.07, 6.45) is 0.710. The Balaban J connectivity index is 1.73. The quantitative estimate of drug-likeness (QED) is 0.804. The van der Waals surface area contributed by atoms with E-state index in [2.05, 4.69) is 16.0 Å². The van der Waals surface area contributed by atoms with Gasteiger partial charge in [-0.3, -0.25) is 4.79 Å². The molecule has 0 spiro atoms. The predicted molar refractivity (Wildman–Crippen MR) is 96.0 cm³/mol. The third kappa shape index (κ3) is 3.57. The summed E-state index contributed by atoms with van der Waals surface area (Å²) in [4.78, 5) is 24.3. The standard InChI is InChI=1S/C19H21N3O3/c1-12-13(18(23)20-2)7-5-8-15(12)21-19(24)22-16-10-11-25-17-9-4-3-6-14(16)17/h3-9,16H,10-11H2,1-2H3,(H,20,23)(H2,21,22,24). The highest BCUT2D eigenvalue weighted by molar-refractivity contribution is 5.99. The van der Waals surface area contributed by atoms with Gasteiger partial charge in [0, 0.05) is 30.3 Å². The van der Waals surface area contributed by atoms with Crippen LogP contribution in [-0.2, 0) is 0 Å². The second kappa shape index (κ2) is 7.25. The van der Waals surface area contributed by atoms with Crippen molar-refractivity contribution in [3.63, 3.8) is 0 Å². The number of carbonyl (C=O) groups is 2. The number of hydrogen-bond donors (Lipinski definition) is 3. The number of carbonyl (C=O) groups excluding carboxylic acids is 2. The largest absolute Gasteiger partial charge is 0.493 e. The van der Waals surface area contributed by atoms with Crippen LogP contribution in [0, 0.1) is 6.92 Å². The number of nitrogens with one attached hydrogen (secondary N) is 3. The molecule has 0 bridgehead atoms. The van der Waals surface area contributed by atoms with Crippen LogP contribution in [0.15, 0.2) is 42.5 Å². The van der Waals surface area contributed by atoms with Crippen LogP contribution in [0.3, 0.4) is 0 Å². The number of urea groups is 1. The minimum atomic E-state index is -0.307. The Bertz CT molecular complexity index is 804. The maximum atomic E-state index is 12.4. The zero-order valence-corrected chi connectivity index (χ0v) is 14.3. The molecule has 1 atom stereocenters. The molecule has 0 saturated carbocycles. The van der Waals surface area contributed by atoms with Crippen molar-refractivity contribution in [2.24, 2.45) is 0 Å². The average Bonchev–Trinajstić information content (AvgIpc) is 2.63. The molecule has 1 heterocycles. The van der Waals surface area contributed by atoms with Crippen molar-refractivity contribution in [3.8, 4) is 5.75 Å². The van der Waals surface area contributed by atoms with Gasteiger partial charge in [0.25, 0.3) is 5.91 Å². The van der Waals surface area contributed by atoms with E-state index in [9.17, 15) is 9.59 Å². The number of ether oxygens (including phenoxy) is 1. The Hall–Kier alpha value is -3.02. The highest BCUT2D eigenvalue weighted by Gasteiger charge is 2.23. The zero-order chi connectivity index (χ0) is 17.8. The van der Waals surface area contributed by atoms with Crippen LogP contribution in [0.2, 0.25) is 0 Å². The van der Waals surface area contributed by atoms with Gasteiger partial charge in [-0.25, -0.2) is 4.79 Å². The molecule has 3 N–H and O–H groups in total. The first-order valence-electron chi connectivity index (χ1n) is 8.21. The predicted octanol–water partition coefficient (Wildman–Crippen LogP) is 3.00. The SMILES string of the molecule is CNC(=O)c1cccc(NC(=O)NC2CCOc3ccccc32)c1C. The lowest BCUT2D eigenvalue weighted by Gasteiger charge is -2.26. The fraction of sp³-hybridized carbons (Fsp3) is 0.263. The van der Waals surface area contributed by atoms with Gasteiger partial charge in [0.05, 0.1) is 12.6 Å². The van der Waals surface area contributed by atoms with Crippen LogP contribution in [-0.4, -0.2) is 25.6 Å². The molecule has 130 valence electrons. The molecule has 2 aromatic carbocycles. The molecule has 0 fully saturated rings. The van der Waals surface area contributed by atoms with E-state index in [1.165, 1.54) is 0 Å². The Labute approximate surface area is 146 Å². The van der Waals surface area contributed by atoms with Gasteiger partial charge in [0.1, 0.15) is 5.75 Å². The number of para-hydroxylation sites is 1. The van der Waals surface area contributed by atoms with E-state index in [0.717, 1.165) is 16.9 Å². The Kier molecular flexibility index (Phi) is 4.88. The van der Waals surface area contributed by atoms with E-state index < -0.39 is 0 Å². The second-order valence-electron chi connectivity index (χ2n) is 5.88. The van der Waals surface area contributed by atoms with Crippen molar-refractivity contribution in [1.29, 1.82) is 0 Å². The summed E-state index contributed by atoms with van der Waals surface area (Å²) in [5.74, 6) is 0.622. The summed E-state index contributed by atoms with van der Waals surface area (Å²) in [7, 11) is 1.58. The minimum Gasteiger partial charge on any atom is -0.493 e. The minimum absolute atomic E-state index is 0.104. The van der Waals surface area contributed by atoms with Gasteiger partial charge >= 0.3 is 6.03 Å². The fourth-order valence-electron chi connectivity index (χ4n) is 2.96. The fourth-order valence-corrected chi connectivity index (χ4v) is 2.96. The summed E-state index contributed by atoms with van der Waals surface area (Å²) in [5, 5.41) is 8.42. The van der Waals surface area contributed by atoms with Crippen molar-refractivity contribution in [2.75, 3.05) is 19.0 Å². The molecule has 1 aliphatic rings.